The van der Waals surface area contributed by atoms with E-state index >= 15 is 0 Å². The summed E-state index contributed by atoms with van der Waals surface area (Å²) in [4.78, 5) is 10.5. The molecule has 0 amide bonds. The number of nitrogens with zero attached hydrogens (tertiary/aromatic N) is 1. The van der Waals surface area contributed by atoms with Crippen molar-refractivity contribution in [1.82, 2.24) is 5.32 Å². The average molecular weight is 318 g/mol. The predicted molar refractivity (Wildman–Crippen MR) is 87.6 cm³/mol. The predicted octanol–water partition coefficient (Wildman–Crippen LogP) is 3.82. The molecule has 0 radical (unpaired) electrons. The standard InChI is InChI=1S/C17H22N2O4/c1-5-22-16-11(3)18-12(4)17(23-6-2)15(16)13-7-9-14(10-8-13)19(20)21/h7-10,15,18H,5-6H2,1-4H3. The number of nitro benzene ring substituents is 1. The van der Waals surface area contributed by atoms with Crippen LogP contribution in [0.15, 0.2) is 47.2 Å². The highest BCUT2D eigenvalue weighted by Gasteiger charge is 2.32. The van der Waals surface area contributed by atoms with Gasteiger partial charge in [-0.1, -0.05) is 12.1 Å². The van der Waals surface area contributed by atoms with Gasteiger partial charge < -0.3 is 14.8 Å². The molecule has 6 heteroatoms. The molecule has 1 aliphatic heterocycles. The Balaban J connectivity index is 2.49. The van der Waals surface area contributed by atoms with E-state index in [1.807, 2.05) is 27.7 Å². The molecule has 0 spiro atoms. The second kappa shape index (κ2) is 7.17. The zero-order chi connectivity index (χ0) is 17.0. The minimum Gasteiger partial charge on any atom is -0.495 e. The molecule has 0 saturated heterocycles. The highest BCUT2D eigenvalue weighted by molar-refractivity contribution is 5.44. The smallest absolute Gasteiger partial charge is 0.269 e. The molecular weight excluding hydrogens is 296 g/mol. The van der Waals surface area contributed by atoms with Crippen molar-refractivity contribution in [3.05, 3.63) is 62.9 Å². The molecule has 0 saturated carbocycles. The Labute approximate surface area is 135 Å². The summed E-state index contributed by atoms with van der Waals surface area (Å²) in [6, 6.07) is 6.53. The van der Waals surface area contributed by atoms with Crippen LogP contribution >= 0.6 is 0 Å². The summed E-state index contributed by atoms with van der Waals surface area (Å²) in [7, 11) is 0. The summed E-state index contributed by atoms with van der Waals surface area (Å²) < 4.78 is 11.7. The minimum absolute atomic E-state index is 0.0695. The van der Waals surface area contributed by atoms with E-state index in [0.717, 1.165) is 28.5 Å². The quantitative estimate of drug-likeness (QED) is 0.637. The highest BCUT2D eigenvalue weighted by Crippen LogP contribution is 2.39. The van der Waals surface area contributed by atoms with E-state index in [4.69, 9.17) is 9.47 Å². The minimum atomic E-state index is -0.401. The first-order valence-electron chi connectivity index (χ1n) is 7.68. The van der Waals surface area contributed by atoms with E-state index in [-0.39, 0.29) is 11.6 Å². The Kier molecular flexibility index (Phi) is 5.26. The van der Waals surface area contributed by atoms with Crippen LogP contribution in [0.4, 0.5) is 5.69 Å². The van der Waals surface area contributed by atoms with Gasteiger partial charge in [0.2, 0.25) is 0 Å². The van der Waals surface area contributed by atoms with Gasteiger partial charge in [-0.3, -0.25) is 10.1 Å². The number of non-ortho nitro benzene ring substituents is 1. The van der Waals surface area contributed by atoms with E-state index in [2.05, 4.69) is 5.32 Å². The van der Waals surface area contributed by atoms with Gasteiger partial charge in [0.1, 0.15) is 17.4 Å². The van der Waals surface area contributed by atoms with Gasteiger partial charge in [0, 0.05) is 12.1 Å². The van der Waals surface area contributed by atoms with E-state index in [1.54, 1.807) is 12.1 Å². The van der Waals surface area contributed by atoms with Gasteiger partial charge in [-0.25, -0.2) is 0 Å². The van der Waals surface area contributed by atoms with Crippen molar-refractivity contribution in [2.24, 2.45) is 0 Å². The van der Waals surface area contributed by atoms with E-state index in [9.17, 15) is 10.1 Å². The third-order valence-corrected chi connectivity index (χ3v) is 3.68. The Morgan fingerprint density at radius 3 is 1.91 bits per heavy atom. The SMILES string of the molecule is CCOC1=C(C)NC(C)=C(OCC)C1c1ccc([N+](=O)[O-])cc1. The normalized spacial score (nSPS) is 15.5. The fraction of sp³-hybridized carbons (Fsp3) is 0.412. The monoisotopic (exact) mass is 318 g/mol. The lowest BCUT2D eigenvalue weighted by Crippen LogP contribution is -2.27. The van der Waals surface area contributed by atoms with Crippen molar-refractivity contribution < 1.29 is 14.4 Å². The summed E-state index contributed by atoms with van der Waals surface area (Å²) >= 11 is 0. The second-order valence-corrected chi connectivity index (χ2v) is 5.25. The molecular formula is C17H22N2O4. The Hall–Kier alpha value is -2.50. The van der Waals surface area contributed by atoms with Crippen molar-refractivity contribution in [3.8, 4) is 0 Å². The molecule has 0 aromatic heterocycles. The molecule has 0 unspecified atom stereocenters. The van der Waals surface area contributed by atoms with Gasteiger partial charge in [-0.2, -0.15) is 0 Å². The molecule has 0 aliphatic carbocycles. The van der Waals surface area contributed by atoms with Gasteiger partial charge in [0.15, 0.2) is 0 Å². The lowest BCUT2D eigenvalue weighted by molar-refractivity contribution is -0.384. The zero-order valence-electron chi connectivity index (χ0n) is 13.9. The molecule has 1 heterocycles. The number of nitrogens with one attached hydrogen (secondary N) is 1. The summed E-state index contributed by atoms with van der Waals surface area (Å²) in [5, 5.41) is 14.1. The van der Waals surface area contributed by atoms with Crippen molar-refractivity contribution >= 4 is 5.69 Å². The lowest BCUT2D eigenvalue weighted by atomic mass is 9.90. The zero-order valence-corrected chi connectivity index (χ0v) is 13.9. The van der Waals surface area contributed by atoms with Crippen LogP contribution in [0.25, 0.3) is 0 Å². The van der Waals surface area contributed by atoms with Gasteiger partial charge in [0.05, 0.1) is 29.5 Å². The summed E-state index contributed by atoms with van der Waals surface area (Å²) in [5.41, 5.74) is 2.83. The van der Waals surface area contributed by atoms with Gasteiger partial charge in [0.25, 0.3) is 5.69 Å². The largest absolute Gasteiger partial charge is 0.495 e. The maximum atomic E-state index is 10.9. The van der Waals surface area contributed by atoms with Crippen LogP contribution in [0.3, 0.4) is 0 Å². The molecule has 124 valence electrons. The summed E-state index contributed by atoms with van der Waals surface area (Å²) in [6.45, 7) is 8.84. The van der Waals surface area contributed by atoms with E-state index < -0.39 is 4.92 Å². The second-order valence-electron chi connectivity index (χ2n) is 5.25. The lowest BCUT2D eigenvalue weighted by Gasteiger charge is -2.31. The number of nitro groups is 1. The maximum absolute atomic E-state index is 10.9. The first-order chi connectivity index (χ1) is 11.0. The number of ether oxygens (including phenoxy) is 2. The summed E-state index contributed by atoms with van der Waals surface area (Å²) in [6.07, 6.45) is 0. The molecule has 6 nitrogen and oxygen atoms in total. The summed E-state index contributed by atoms with van der Waals surface area (Å²) in [5.74, 6) is 1.38. The average Bonchev–Trinajstić information content (AvgIpc) is 2.52. The third kappa shape index (κ3) is 3.47. The van der Waals surface area contributed by atoms with Gasteiger partial charge >= 0.3 is 0 Å². The van der Waals surface area contributed by atoms with Crippen LogP contribution in [0.1, 0.15) is 39.2 Å². The molecule has 23 heavy (non-hydrogen) atoms. The van der Waals surface area contributed by atoms with Crippen LogP contribution in [0.2, 0.25) is 0 Å². The molecule has 1 N–H and O–H groups in total. The topological polar surface area (TPSA) is 73.6 Å². The van der Waals surface area contributed by atoms with Crippen molar-refractivity contribution in [3.63, 3.8) is 0 Å². The number of rotatable bonds is 6. The maximum Gasteiger partial charge on any atom is 0.269 e. The van der Waals surface area contributed by atoms with Crippen LogP contribution in [-0.2, 0) is 9.47 Å². The first kappa shape index (κ1) is 16.9. The number of hydrogen-bond donors (Lipinski definition) is 1. The van der Waals surface area contributed by atoms with Crippen LogP contribution < -0.4 is 5.32 Å². The number of dihydropyridines is 1. The van der Waals surface area contributed by atoms with Crippen LogP contribution in [-0.4, -0.2) is 18.1 Å². The van der Waals surface area contributed by atoms with Gasteiger partial charge in [-0.15, -0.1) is 0 Å². The first-order valence-corrected chi connectivity index (χ1v) is 7.68. The molecule has 0 atom stereocenters. The number of allylic oxidation sites excluding steroid dienone is 2. The van der Waals surface area contributed by atoms with Crippen molar-refractivity contribution in [1.29, 1.82) is 0 Å². The molecule has 0 fully saturated rings. The van der Waals surface area contributed by atoms with Crippen molar-refractivity contribution in [2.45, 2.75) is 33.6 Å². The fourth-order valence-electron chi connectivity index (χ4n) is 2.74. The fourth-order valence-corrected chi connectivity index (χ4v) is 2.74. The molecule has 1 aliphatic rings. The molecule has 0 bridgehead atoms. The molecule has 1 aromatic rings. The van der Waals surface area contributed by atoms with Crippen LogP contribution in [0.5, 0.6) is 0 Å². The Bertz CT molecular complexity index is 619. The molecule has 2 rings (SSSR count). The van der Waals surface area contributed by atoms with E-state index in [1.165, 1.54) is 12.1 Å². The molecule has 1 aromatic carbocycles. The number of benzene rings is 1. The number of hydrogen-bond acceptors (Lipinski definition) is 5. The van der Waals surface area contributed by atoms with E-state index in [0.29, 0.717) is 13.2 Å². The highest BCUT2D eigenvalue weighted by atomic mass is 16.6. The Morgan fingerprint density at radius 1 is 1.04 bits per heavy atom. The van der Waals surface area contributed by atoms with Crippen molar-refractivity contribution in [2.75, 3.05) is 13.2 Å². The van der Waals surface area contributed by atoms with Gasteiger partial charge in [-0.05, 0) is 33.3 Å². The Morgan fingerprint density at radius 2 is 1.52 bits per heavy atom. The third-order valence-electron chi connectivity index (χ3n) is 3.68. The van der Waals surface area contributed by atoms with Crippen LogP contribution in [0, 0.1) is 10.1 Å².